The van der Waals surface area contributed by atoms with Crippen molar-refractivity contribution >= 4 is 57.8 Å². The summed E-state index contributed by atoms with van der Waals surface area (Å²) in [7, 11) is 0. The first kappa shape index (κ1) is 67.4. The smallest absolute Gasteiger partial charge is 0.129 e. The quantitative estimate of drug-likeness (QED) is 0.405. The van der Waals surface area contributed by atoms with Gasteiger partial charge in [0.05, 0.1) is 0 Å². The maximum Gasteiger partial charge on any atom is 0.129 e. The molecule has 0 aromatic heterocycles. The topological polar surface area (TPSA) is 191 Å². The molecule has 0 fully saturated rings. The molecule has 0 aromatic carbocycles. The molecule has 258 valence electrons. The maximum absolute atomic E-state index is 10.1. The minimum atomic E-state index is 0.125. The van der Waals surface area contributed by atoms with Crippen LogP contribution in [0.15, 0.2) is 0 Å². The summed E-state index contributed by atoms with van der Waals surface area (Å²) in [6.45, 7) is 29.1. The van der Waals surface area contributed by atoms with Gasteiger partial charge in [0, 0.05) is 13.0 Å². The highest BCUT2D eigenvalue weighted by molar-refractivity contribution is 5.75. The van der Waals surface area contributed by atoms with Gasteiger partial charge in [-0.3, -0.25) is 0 Å². The van der Waals surface area contributed by atoms with Gasteiger partial charge in [-0.05, 0) is 138 Å². The molecular formula is C32H64O11. The van der Waals surface area contributed by atoms with Crippen LogP contribution in [0.25, 0.3) is 0 Å². The molecule has 0 rings (SSSR count). The highest BCUT2D eigenvalue weighted by atomic mass is 16.3. The third-order valence-corrected chi connectivity index (χ3v) is 0.687. The first-order chi connectivity index (χ1) is 18.9. The van der Waals surface area contributed by atoms with Gasteiger partial charge >= 0.3 is 0 Å². The van der Waals surface area contributed by atoms with E-state index in [0.29, 0.717) is 12.8 Å². The number of carbonyl (C=O) groups is 10. The third kappa shape index (κ3) is 119000. The van der Waals surface area contributed by atoms with Gasteiger partial charge in [-0.2, -0.15) is 0 Å². The van der Waals surface area contributed by atoms with Crippen LogP contribution in [0.1, 0.15) is 144 Å². The van der Waals surface area contributed by atoms with Crippen molar-refractivity contribution in [3.8, 4) is 0 Å². The minimum Gasteiger partial charge on any atom is -0.396 e. The van der Waals surface area contributed by atoms with E-state index in [1.807, 2.05) is 0 Å². The number of hydrogen-bond acceptors (Lipinski definition) is 11. The zero-order valence-corrected chi connectivity index (χ0v) is 30.7. The Balaban J connectivity index is -0.0000000354. The summed E-state index contributed by atoms with van der Waals surface area (Å²) in [5.41, 5.74) is 0. The first-order valence-electron chi connectivity index (χ1n) is 13.2. The van der Waals surface area contributed by atoms with E-state index in [1.165, 1.54) is 132 Å². The molecule has 0 amide bonds. The van der Waals surface area contributed by atoms with E-state index in [2.05, 4.69) is 0 Å². The average Bonchev–Trinajstić information content (AvgIpc) is 2.62. The molecule has 0 bridgehead atoms. The van der Waals surface area contributed by atoms with Crippen molar-refractivity contribution in [3.05, 3.63) is 0 Å². The molecule has 0 saturated carbocycles. The summed E-state index contributed by atoms with van der Waals surface area (Å²) in [5.74, 6) is 1.65. The van der Waals surface area contributed by atoms with Crippen LogP contribution in [0.3, 0.4) is 0 Å². The summed E-state index contributed by atoms with van der Waals surface area (Å²) in [6, 6.07) is 0. The largest absolute Gasteiger partial charge is 0.396 e. The molecule has 0 unspecified atom stereocenters. The Morgan fingerprint density at radius 1 is 0.302 bits per heavy atom. The maximum atomic E-state index is 10.1. The molecule has 0 atom stereocenters. The number of ketones is 10. The Kier molecular flexibility index (Phi) is 97.7. The molecule has 0 heterocycles. The normalized spacial score (nSPS) is 6.88. The van der Waals surface area contributed by atoms with E-state index in [-0.39, 0.29) is 64.4 Å². The van der Waals surface area contributed by atoms with Crippen LogP contribution in [-0.2, 0) is 47.9 Å². The van der Waals surface area contributed by atoms with Crippen LogP contribution >= 0.6 is 0 Å². The van der Waals surface area contributed by atoms with Gasteiger partial charge < -0.3 is 53.1 Å². The lowest BCUT2D eigenvalue weighted by molar-refractivity contribution is -0.117. The summed E-state index contributed by atoms with van der Waals surface area (Å²) in [6.07, 6.45) is 1.12. The SMILES string of the molecule is CC(=O)CCCO.CC(C)=O.CC(C)=O.CC(C)=O.CC(C)=O.CC(C)=O.CC(C)=O.CC(C)=O.CC(C)=O.CC(C)=O. The van der Waals surface area contributed by atoms with Gasteiger partial charge in [0.25, 0.3) is 0 Å². The van der Waals surface area contributed by atoms with Crippen LogP contribution in [0.5, 0.6) is 0 Å². The molecule has 0 aliphatic heterocycles. The predicted octanol–water partition coefficient (Wildman–Crippen LogP) is 5.71. The molecule has 0 aromatic rings. The number of carbonyl (C=O) groups excluding carboxylic acids is 10. The van der Waals surface area contributed by atoms with Crippen LogP contribution in [0, 0.1) is 0 Å². The fourth-order valence-electron chi connectivity index (χ4n) is 0.328. The fraction of sp³-hybridized carbons (Fsp3) is 0.688. The molecule has 0 saturated heterocycles. The molecule has 0 spiro atoms. The second kappa shape index (κ2) is 62.3. The molecular weight excluding hydrogens is 560 g/mol. The van der Waals surface area contributed by atoms with Crippen LogP contribution in [-0.4, -0.2) is 69.5 Å². The summed E-state index contributed by atoms with van der Waals surface area (Å²) in [5, 5.41) is 8.16. The Morgan fingerprint density at radius 2 is 0.395 bits per heavy atom. The lowest BCUT2D eigenvalue weighted by Crippen LogP contribution is -1.91. The second-order valence-electron chi connectivity index (χ2n) is 9.70. The average molecular weight is 625 g/mol. The second-order valence-corrected chi connectivity index (χ2v) is 9.70. The van der Waals surface area contributed by atoms with E-state index in [4.69, 9.17) is 5.11 Å². The van der Waals surface area contributed by atoms with Gasteiger partial charge in [0.2, 0.25) is 0 Å². The Morgan fingerprint density at radius 3 is 0.419 bits per heavy atom. The molecule has 11 heteroatoms. The lowest BCUT2D eigenvalue weighted by Gasteiger charge is -1.86. The van der Waals surface area contributed by atoms with Crippen molar-refractivity contribution in [2.24, 2.45) is 0 Å². The number of rotatable bonds is 3. The molecule has 11 nitrogen and oxygen atoms in total. The van der Waals surface area contributed by atoms with E-state index >= 15 is 0 Å². The highest BCUT2D eigenvalue weighted by Gasteiger charge is 1.88. The van der Waals surface area contributed by atoms with E-state index in [0.717, 1.165) is 0 Å². The summed E-state index contributed by atoms with van der Waals surface area (Å²) >= 11 is 0. The van der Waals surface area contributed by atoms with Crippen molar-refractivity contribution in [1.82, 2.24) is 0 Å². The van der Waals surface area contributed by atoms with Crippen molar-refractivity contribution in [2.45, 2.75) is 144 Å². The fourth-order valence-corrected chi connectivity index (χ4v) is 0.328. The number of hydrogen-bond donors (Lipinski definition) is 1. The third-order valence-electron chi connectivity index (χ3n) is 0.687. The highest BCUT2D eigenvalue weighted by Crippen LogP contribution is 1.85. The van der Waals surface area contributed by atoms with E-state index < -0.39 is 0 Å². The predicted molar refractivity (Wildman–Crippen MR) is 174 cm³/mol. The van der Waals surface area contributed by atoms with Crippen molar-refractivity contribution in [1.29, 1.82) is 0 Å². The zero-order chi connectivity index (χ0) is 37.9. The Bertz CT molecular complexity index is 541. The zero-order valence-electron chi connectivity index (χ0n) is 30.7. The van der Waals surface area contributed by atoms with Crippen LogP contribution in [0.4, 0.5) is 0 Å². The van der Waals surface area contributed by atoms with Crippen molar-refractivity contribution in [2.75, 3.05) is 6.61 Å². The van der Waals surface area contributed by atoms with Crippen LogP contribution < -0.4 is 0 Å². The Hall–Kier alpha value is -3.34. The van der Waals surface area contributed by atoms with Gasteiger partial charge in [-0.15, -0.1) is 0 Å². The van der Waals surface area contributed by atoms with E-state index in [1.54, 1.807) is 0 Å². The van der Waals surface area contributed by atoms with Crippen molar-refractivity contribution < 1.29 is 53.1 Å². The molecule has 0 aliphatic carbocycles. The van der Waals surface area contributed by atoms with Crippen molar-refractivity contribution in [3.63, 3.8) is 0 Å². The molecule has 0 radical (unpaired) electrons. The molecule has 43 heavy (non-hydrogen) atoms. The van der Waals surface area contributed by atoms with E-state index in [9.17, 15) is 47.9 Å². The first-order valence-corrected chi connectivity index (χ1v) is 13.2. The minimum absolute atomic E-state index is 0.125. The molecule has 1 N–H and O–H groups in total. The Labute approximate surface area is 262 Å². The molecule has 0 aliphatic rings. The number of Topliss-reactive ketones (excluding diaryl/α,β-unsaturated/α-hetero) is 10. The monoisotopic (exact) mass is 624 g/mol. The lowest BCUT2D eigenvalue weighted by atomic mass is 10.2. The standard InChI is InChI=1S/C5H10O2.9C3H6O/c1-5(7)3-2-4-6;9*1-3(2)4/h6H,2-4H2,1H3;9*1-2H3. The van der Waals surface area contributed by atoms with Crippen LogP contribution in [0.2, 0.25) is 0 Å². The van der Waals surface area contributed by atoms with Gasteiger partial charge in [0.15, 0.2) is 0 Å². The van der Waals surface area contributed by atoms with Gasteiger partial charge in [-0.1, -0.05) is 0 Å². The summed E-state index contributed by atoms with van der Waals surface area (Å²) in [4.78, 5) is 95.1. The van der Waals surface area contributed by atoms with Gasteiger partial charge in [-0.25, -0.2) is 0 Å². The summed E-state index contributed by atoms with van der Waals surface area (Å²) < 4.78 is 0. The number of aliphatic hydroxyl groups excluding tert-OH is 1. The van der Waals surface area contributed by atoms with Gasteiger partial charge in [0.1, 0.15) is 57.8 Å². The number of aliphatic hydroxyl groups is 1.